The first-order valence-corrected chi connectivity index (χ1v) is 5.23. The maximum absolute atomic E-state index is 11.5. The van der Waals surface area contributed by atoms with Crippen LogP contribution in [-0.4, -0.2) is 33.8 Å². The highest BCUT2D eigenvalue weighted by Crippen LogP contribution is 2.46. The molecule has 2 atom stereocenters. The van der Waals surface area contributed by atoms with E-state index in [9.17, 15) is 9.59 Å². The quantitative estimate of drug-likeness (QED) is 0.630. The Kier molecular flexibility index (Phi) is 2.96. The van der Waals surface area contributed by atoms with Gasteiger partial charge in [0.1, 0.15) is 5.60 Å². The number of amides is 1. The van der Waals surface area contributed by atoms with Crippen LogP contribution in [0, 0.1) is 0 Å². The maximum Gasteiger partial charge on any atom is 0.408 e. The first kappa shape index (κ1) is 13.5. The van der Waals surface area contributed by atoms with Crippen molar-refractivity contribution in [1.29, 1.82) is 0 Å². The molecule has 0 aromatic rings. The maximum atomic E-state index is 11.5. The van der Waals surface area contributed by atoms with E-state index in [1.807, 2.05) is 0 Å². The molecule has 4 N–H and O–H groups in total. The van der Waals surface area contributed by atoms with Gasteiger partial charge >= 0.3 is 12.1 Å². The van der Waals surface area contributed by atoms with Gasteiger partial charge in [-0.2, -0.15) is 0 Å². The summed E-state index contributed by atoms with van der Waals surface area (Å²) >= 11 is 0. The van der Waals surface area contributed by atoms with Gasteiger partial charge in [-0.25, -0.2) is 9.59 Å². The van der Waals surface area contributed by atoms with Gasteiger partial charge < -0.3 is 20.9 Å². The molecule has 1 amide bonds. The van der Waals surface area contributed by atoms with E-state index in [2.05, 4.69) is 11.9 Å². The zero-order valence-electron chi connectivity index (χ0n) is 10.2. The highest BCUT2D eigenvalue weighted by atomic mass is 16.6. The molecule has 0 aromatic heterocycles. The molecule has 0 heterocycles. The molecule has 0 unspecified atom stereocenters. The first-order chi connectivity index (χ1) is 7.56. The Hall–Kier alpha value is -1.56. The van der Waals surface area contributed by atoms with Gasteiger partial charge in [0.15, 0.2) is 5.54 Å². The Morgan fingerprint density at radius 1 is 1.53 bits per heavy atom. The van der Waals surface area contributed by atoms with Crippen LogP contribution in [0.25, 0.3) is 0 Å². The number of carbonyl (C=O) groups is 2. The monoisotopic (exact) mass is 242 g/mol. The number of carbonyl (C=O) groups excluding carboxylic acids is 1. The predicted molar refractivity (Wildman–Crippen MR) is 61.5 cm³/mol. The fourth-order valence-corrected chi connectivity index (χ4v) is 1.61. The van der Waals surface area contributed by atoms with Crippen LogP contribution in [0.3, 0.4) is 0 Å². The van der Waals surface area contributed by atoms with Crippen molar-refractivity contribution in [3.05, 3.63) is 12.7 Å². The number of hydrogen-bond donors (Lipinski definition) is 3. The van der Waals surface area contributed by atoms with Crippen LogP contribution < -0.4 is 11.1 Å². The number of alkyl carbamates (subject to hydrolysis) is 1. The van der Waals surface area contributed by atoms with Crippen molar-refractivity contribution in [3.8, 4) is 0 Å². The van der Waals surface area contributed by atoms with Gasteiger partial charge in [0.2, 0.25) is 0 Å². The number of aliphatic carboxylic acids is 1. The van der Waals surface area contributed by atoms with E-state index in [0.29, 0.717) is 0 Å². The molecule has 17 heavy (non-hydrogen) atoms. The fraction of sp³-hybridized carbons (Fsp3) is 0.636. The van der Waals surface area contributed by atoms with E-state index in [1.54, 1.807) is 20.8 Å². The number of carboxylic acids is 1. The molecule has 1 aliphatic rings. The third kappa shape index (κ3) is 2.41. The van der Waals surface area contributed by atoms with Crippen molar-refractivity contribution in [3.63, 3.8) is 0 Å². The van der Waals surface area contributed by atoms with Crippen LogP contribution in [0.4, 0.5) is 4.79 Å². The van der Waals surface area contributed by atoms with Crippen molar-refractivity contribution in [2.75, 3.05) is 0 Å². The SMILES string of the molecule is C=C[C@]1(N)C[C@]1(NC(=O)OC(C)(C)C)C(=O)O. The summed E-state index contributed by atoms with van der Waals surface area (Å²) in [7, 11) is 0. The Bertz CT molecular complexity index is 374. The summed E-state index contributed by atoms with van der Waals surface area (Å²) in [5, 5.41) is 11.4. The van der Waals surface area contributed by atoms with Crippen molar-refractivity contribution in [2.45, 2.75) is 43.9 Å². The van der Waals surface area contributed by atoms with Crippen LogP contribution in [0.5, 0.6) is 0 Å². The lowest BCUT2D eigenvalue weighted by Gasteiger charge is -2.23. The molecular formula is C11H18N2O4. The zero-order valence-corrected chi connectivity index (χ0v) is 10.2. The summed E-state index contributed by atoms with van der Waals surface area (Å²) in [5.74, 6) is -1.19. The number of nitrogens with two attached hydrogens (primary N) is 1. The molecule has 0 aromatic carbocycles. The van der Waals surface area contributed by atoms with E-state index in [0.717, 1.165) is 0 Å². The van der Waals surface area contributed by atoms with Gasteiger partial charge in [-0.3, -0.25) is 0 Å². The molecule has 0 spiro atoms. The van der Waals surface area contributed by atoms with Crippen LogP contribution >= 0.6 is 0 Å². The molecule has 1 rings (SSSR count). The standard InChI is InChI=1S/C11H18N2O4/c1-5-10(12)6-11(10,7(14)15)13-8(16)17-9(2,3)4/h5H,1,6,12H2,2-4H3,(H,13,16)(H,14,15)/t10-,11-/m0/s1. The lowest BCUT2D eigenvalue weighted by molar-refractivity contribution is -0.141. The molecule has 96 valence electrons. The molecule has 1 saturated carbocycles. The Morgan fingerprint density at radius 2 is 2.06 bits per heavy atom. The smallest absolute Gasteiger partial charge is 0.408 e. The topological polar surface area (TPSA) is 102 Å². The van der Waals surface area contributed by atoms with Crippen molar-refractivity contribution in [1.82, 2.24) is 5.32 Å². The average Bonchev–Trinajstić information content (AvgIpc) is 2.70. The molecule has 1 aliphatic carbocycles. The Balaban J connectivity index is 2.76. The van der Waals surface area contributed by atoms with E-state index >= 15 is 0 Å². The lowest BCUT2D eigenvalue weighted by atomic mass is 10.1. The summed E-state index contributed by atoms with van der Waals surface area (Å²) in [5.41, 5.74) is 2.46. The summed E-state index contributed by atoms with van der Waals surface area (Å²) in [4.78, 5) is 22.7. The number of rotatable bonds is 3. The largest absolute Gasteiger partial charge is 0.479 e. The summed E-state index contributed by atoms with van der Waals surface area (Å²) in [6, 6.07) is 0. The predicted octanol–water partition coefficient (Wildman–Crippen LogP) is 0.622. The highest BCUT2D eigenvalue weighted by molar-refractivity contribution is 5.91. The molecule has 1 fully saturated rings. The molecule has 0 aliphatic heterocycles. The average molecular weight is 242 g/mol. The Morgan fingerprint density at radius 3 is 2.35 bits per heavy atom. The van der Waals surface area contributed by atoms with E-state index in [-0.39, 0.29) is 6.42 Å². The molecular weight excluding hydrogens is 224 g/mol. The third-order valence-electron chi connectivity index (χ3n) is 2.67. The van der Waals surface area contributed by atoms with E-state index in [1.165, 1.54) is 6.08 Å². The van der Waals surface area contributed by atoms with Crippen molar-refractivity contribution >= 4 is 12.1 Å². The number of hydrogen-bond acceptors (Lipinski definition) is 4. The molecule has 6 heteroatoms. The zero-order chi connectivity index (χ0) is 13.5. The normalized spacial score (nSPS) is 31.5. The fourth-order valence-electron chi connectivity index (χ4n) is 1.61. The number of carboxylic acid groups (broad SMARTS) is 1. The lowest BCUT2D eigenvalue weighted by Crippen LogP contribution is -2.53. The van der Waals surface area contributed by atoms with Crippen LogP contribution in [0.15, 0.2) is 12.7 Å². The molecule has 6 nitrogen and oxygen atoms in total. The number of ether oxygens (including phenoxy) is 1. The summed E-state index contributed by atoms with van der Waals surface area (Å²) in [6.07, 6.45) is 0.644. The van der Waals surface area contributed by atoms with Crippen LogP contribution in [-0.2, 0) is 9.53 Å². The van der Waals surface area contributed by atoms with Crippen LogP contribution in [0.1, 0.15) is 27.2 Å². The second kappa shape index (κ2) is 3.73. The minimum atomic E-state index is -1.50. The van der Waals surface area contributed by atoms with E-state index < -0.39 is 28.7 Å². The molecule has 0 saturated heterocycles. The second-order valence-corrected chi connectivity index (χ2v) is 5.26. The van der Waals surface area contributed by atoms with Gasteiger partial charge in [-0.1, -0.05) is 6.08 Å². The van der Waals surface area contributed by atoms with Gasteiger partial charge in [-0.15, -0.1) is 6.58 Å². The van der Waals surface area contributed by atoms with Gasteiger partial charge in [0.05, 0.1) is 5.54 Å². The van der Waals surface area contributed by atoms with Gasteiger partial charge in [0, 0.05) is 6.42 Å². The minimum Gasteiger partial charge on any atom is -0.479 e. The van der Waals surface area contributed by atoms with Gasteiger partial charge in [-0.05, 0) is 20.8 Å². The number of nitrogens with one attached hydrogen (secondary N) is 1. The van der Waals surface area contributed by atoms with Crippen molar-refractivity contribution in [2.24, 2.45) is 5.73 Å². The summed E-state index contributed by atoms with van der Waals surface area (Å²) < 4.78 is 5.00. The van der Waals surface area contributed by atoms with Gasteiger partial charge in [0.25, 0.3) is 0 Å². The summed E-state index contributed by atoms with van der Waals surface area (Å²) in [6.45, 7) is 8.55. The third-order valence-corrected chi connectivity index (χ3v) is 2.67. The first-order valence-electron chi connectivity index (χ1n) is 5.23. The van der Waals surface area contributed by atoms with Crippen molar-refractivity contribution < 1.29 is 19.4 Å². The minimum absolute atomic E-state index is 0.109. The van der Waals surface area contributed by atoms with Crippen LogP contribution in [0.2, 0.25) is 0 Å². The Labute approximate surface area is 99.8 Å². The second-order valence-electron chi connectivity index (χ2n) is 5.26. The molecule has 0 bridgehead atoms. The van der Waals surface area contributed by atoms with E-state index in [4.69, 9.17) is 15.6 Å². The highest BCUT2D eigenvalue weighted by Gasteiger charge is 2.71. The molecule has 0 radical (unpaired) electrons.